The Kier molecular flexibility index (Phi) is 5.39. The van der Waals surface area contributed by atoms with Crippen molar-refractivity contribution in [3.63, 3.8) is 0 Å². The van der Waals surface area contributed by atoms with E-state index in [1.165, 1.54) is 38.5 Å². The molecule has 0 amide bonds. The van der Waals surface area contributed by atoms with E-state index in [-0.39, 0.29) is 17.1 Å². The second-order valence-electron chi connectivity index (χ2n) is 10.9. The van der Waals surface area contributed by atoms with Crippen LogP contribution in [0.3, 0.4) is 0 Å². The van der Waals surface area contributed by atoms with Crippen LogP contribution in [0, 0.1) is 46.3 Å². The van der Waals surface area contributed by atoms with Crippen molar-refractivity contribution in [1.29, 1.82) is 0 Å². The monoisotopic (exact) mass is 412 g/mol. The third-order valence-corrected chi connectivity index (χ3v) is 10.2. The first kappa shape index (κ1) is 21.0. The summed E-state index contributed by atoms with van der Waals surface area (Å²) in [6.07, 6.45) is 11.0. The molecule has 0 radical (unpaired) electrons. The average Bonchev–Trinajstić information content (AvgIpc) is 2.97. The molecule has 28 heavy (non-hydrogen) atoms. The molecule has 6 heteroatoms. The van der Waals surface area contributed by atoms with Gasteiger partial charge in [0.15, 0.2) is 5.78 Å². The Hall–Kier alpha value is -0.220. The van der Waals surface area contributed by atoms with Crippen molar-refractivity contribution in [2.24, 2.45) is 46.3 Å². The Morgan fingerprint density at radius 2 is 1.68 bits per heavy atom. The topological polar surface area (TPSA) is 83.8 Å². The maximum atomic E-state index is 12.8. The molecule has 0 aromatic carbocycles. The van der Waals surface area contributed by atoms with E-state index in [9.17, 15) is 9.36 Å². The van der Waals surface area contributed by atoms with Gasteiger partial charge in [0.05, 0.1) is 0 Å². The van der Waals surface area contributed by atoms with Crippen molar-refractivity contribution >= 4 is 13.6 Å². The van der Waals surface area contributed by atoms with Gasteiger partial charge in [0.1, 0.15) is 6.61 Å². The lowest BCUT2D eigenvalue weighted by Crippen LogP contribution is -2.53. The number of ketones is 1. The summed E-state index contributed by atoms with van der Waals surface area (Å²) in [7, 11) is -4.59. The lowest BCUT2D eigenvalue weighted by atomic mass is 9.44. The molecule has 5 nitrogen and oxygen atoms in total. The zero-order valence-corrected chi connectivity index (χ0v) is 18.5. The maximum absolute atomic E-state index is 12.8. The van der Waals surface area contributed by atoms with E-state index in [1.54, 1.807) is 0 Å². The fraction of sp³-hybridized carbons (Fsp3) is 0.955. The van der Waals surface area contributed by atoms with E-state index < -0.39 is 14.4 Å². The highest BCUT2D eigenvalue weighted by molar-refractivity contribution is 7.46. The van der Waals surface area contributed by atoms with E-state index in [1.807, 2.05) is 0 Å². The smallest absolute Gasteiger partial charge is 0.303 e. The molecule has 160 valence electrons. The molecule has 2 N–H and O–H groups in total. The highest BCUT2D eigenvalue weighted by Crippen LogP contribution is 2.67. The molecule has 0 heterocycles. The number of hydrogen-bond acceptors (Lipinski definition) is 3. The van der Waals surface area contributed by atoms with Gasteiger partial charge in [-0.25, -0.2) is 4.57 Å². The molecule has 8 atom stereocenters. The van der Waals surface area contributed by atoms with Crippen LogP contribution in [0.25, 0.3) is 0 Å². The third kappa shape index (κ3) is 3.45. The van der Waals surface area contributed by atoms with E-state index in [4.69, 9.17) is 9.79 Å². The van der Waals surface area contributed by atoms with Gasteiger partial charge >= 0.3 is 7.82 Å². The van der Waals surface area contributed by atoms with Crippen molar-refractivity contribution in [3.8, 4) is 0 Å². The Bertz CT molecular complexity index is 674. The first-order valence-corrected chi connectivity index (χ1v) is 12.8. The summed E-state index contributed by atoms with van der Waals surface area (Å²) in [5, 5.41) is 0. The van der Waals surface area contributed by atoms with Crippen molar-refractivity contribution in [2.75, 3.05) is 6.61 Å². The number of hydrogen-bond donors (Lipinski definition) is 2. The van der Waals surface area contributed by atoms with Gasteiger partial charge < -0.3 is 9.79 Å². The number of carbonyl (C=O) groups excluding carboxylic acids is 1. The SMILES string of the molecule is C[C@H]1CC[C@@]2(C)C(CC[C@@H]3C2CC[C@@]2(C)C3CC[C@@H]2C(=O)COP(=O)(O)O)C1. The standard InChI is InChI=1S/C22H37O5P/c1-14-8-10-21(2)15(12-14)4-5-16-17-6-7-19(20(23)13-27-28(24,25)26)22(17,3)11-9-18(16)21/h14-19H,4-13H2,1-3H3,(H2,24,25,26)/t14-,15?,16-,17?,18?,19+,21-,22-/m0/s1. The van der Waals surface area contributed by atoms with Gasteiger partial charge in [0.25, 0.3) is 0 Å². The predicted molar refractivity (Wildman–Crippen MR) is 107 cm³/mol. The van der Waals surface area contributed by atoms with Crippen molar-refractivity contribution in [2.45, 2.75) is 78.6 Å². The van der Waals surface area contributed by atoms with Gasteiger partial charge in [0, 0.05) is 5.92 Å². The molecule has 4 aliphatic carbocycles. The van der Waals surface area contributed by atoms with Crippen LogP contribution in [0.15, 0.2) is 0 Å². The molecule has 0 aromatic rings. The van der Waals surface area contributed by atoms with E-state index in [2.05, 4.69) is 25.3 Å². The van der Waals surface area contributed by atoms with Gasteiger partial charge in [-0.3, -0.25) is 9.32 Å². The highest BCUT2D eigenvalue weighted by Gasteiger charge is 2.60. The fourth-order valence-corrected chi connectivity index (χ4v) is 8.55. The van der Waals surface area contributed by atoms with Gasteiger partial charge in [-0.15, -0.1) is 0 Å². The lowest BCUT2D eigenvalue weighted by Gasteiger charge is -2.61. The average molecular weight is 413 g/mol. The molecule has 0 saturated heterocycles. The van der Waals surface area contributed by atoms with Crippen molar-refractivity contribution in [1.82, 2.24) is 0 Å². The van der Waals surface area contributed by atoms with Crippen LogP contribution in [-0.4, -0.2) is 22.2 Å². The second kappa shape index (κ2) is 7.18. The molecular formula is C22H37O5P. The number of fused-ring (bicyclic) bond motifs is 5. The van der Waals surface area contributed by atoms with Crippen LogP contribution in [0.5, 0.6) is 0 Å². The number of Topliss-reactive ketones (excluding diaryl/α,β-unsaturated/α-hetero) is 1. The normalized spacial score (nSPS) is 48.5. The van der Waals surface area contributed by atoms with E-state index in [0.29, 0.717) is 17.3 Å². The minimum atomic E-state index is -4.59. The summed E-state index contributed by atoms with van der Waals surface area (Å²) < 4.78 is 15.6. The fourth-order valence-electron chi connectivity index (χ4n) is 8.25. The minimum Gasteiger partial charge on any atom is -0.303 e. The molecule has 3 unspecified atom stereocenters. The Morgan fingerprint density at radius 1 is 1.00 bits per heavy atom. The minimum absolute atomic E-state index is 0.0261. The highest BCUT2D eigenvalue weighted by atomic mass is 31.2. The van der Waals surface area contributed by atoms with Gasteiger partial charge in [-0.2, -0.15) is 0 Å². The summed E-state index contributed by atoms with van der Waals surface area (Å²) in [6, 6.07) is 0. The molecule has 4 rings (SSSR count). The van der Waals surface area contributed by atoms with E-state index in [0.717, 1.165) is 37.0 Å². The molecule has 0 aromatic heterocycles. The van der Waals surface area contributed by atoms with Crippen LogP contribution >= 0.6 is 7.82 Å². The largest absolute Gasteiger partial charge is 0.470 e. The quantitative estimate of drug-likeness (QED) is 0.638. The lowest BCUT2D eigenvalue weighted by molar-refractivity contribution is -0.138. The zero-order chi connectivity index (χ0) is 20.3. The van der Waals surface area contributed by atoms with Gasteiger partial charge in [-0.1, -0.05) is 27.2 Å². The van der Waals surface area contributed by atoms with Crippen LogP contribution in [0.4, 0.5) is 0 Å². The Morgan fingerprint density at radius 3 is 2.39 bits per heavy atom. The van der Waals surface area contributed by atoms with Crippen molar-refractivity contribution in [3.05, 3.63) is 0 Å². The molecule has 0 aliphatic heterocycles. The van der Waals surface area contributed by atoms with Crippen LogP contribution < -0.4 is 0 Å². The summed E-state index contributed by atoms with van der Waals surface area (Å²) in [5.41, 5.74) is 0.448. The molecular weight excluding hydrogens is 375 g/mol. The molecule has 0 spiro atoms. The van der Waals surface area contributed by atoms with E-state index >= 15 is 0 Å². The van der Waals surface area contributed by atoms with Crippen LogP contribution in [0.1, 0.15) is 78.6 Å². The molecule has 4 saturated carbocycles. The number of rotatable bonds is 4. The number of carbonyl (C=O) groups is 1. The maximum Gasteiger partial charge on any atom is 0.470 e. The van der Waals surface area contributed by atoms with Crippen LogP contribution in [0.2, 0.25) is 0 Å². The first-order chi connectivity index (χ1) is 13.0. The summed E-state index contributed by atoms with van der Waals surface area (Å²) in [5.74, 6) is 3.60. The third-order valence-electron chi connectivity index (χ3n) is 9.69. The summed E-state index contributed by atoms with van der Waals surface area (Å²) in [6.45, 7) is 6.80. The van der Waals surface area contributed by atoms with Gasteiger partial charge in [-0.05, 0) is 91.8 Å². The second-order valence-corrected chi connectivity index (χ2v) is 12.2. The van der Waals surface area contributed by atoms with Crippen molar-refractivity contribution < 1.29 is 23.7 Å². The summed E-state index contributed by atoms with van der Waals surface area (Å²) in [4.78, 5) is 30.7. The molecule has 4 fully saturated rings. The molecule has 0 bridgehead atoms. The Labute approximate surface area is 169 Å². The first-order valence-electron chi connectivity index (χ1n) is 11.3. The predicted octanol–water partition coefficient (Wildman–Crippen LogP) is 4.96. The number of phosphoric acid groups is 1. The molecule has 4 aliphatic rings. The summed E-state index contributed by atoms with van der Waals surface area (Å²) >= 11 is 0. The van der Waals surface area contributed by atoms with Gasteiger partial charge in [0.2, 0.25) is 0 Å². The zero-order valence-electron chi connectivity index (χ0n) is 17.6. The van der Waals surface area contributed by atoms with Crippen LogP contribution in [-0.2, 0) is 13.9 Å². The number of phosphoric ester groups is 1. The Balaban J connectivity index is 1.51.